The summed E-state index contributed by atoms with van der Waals surface area (Å²) in [6, 6.07) is 5.48. The van der Waals surface area contributed by atoms with Gasteiger partial charge in [0.05, 0.1) is 29.1 Å². The molecule has 4 rings (SSSR count). The van der Waals surface area contributed by atoms with Crippen LogP contribution < -0.4 is 15.4 Å². The fourth-order valence-electron chi connectivity index (χ4n) is 3.03. The summed E-state index contributed by atoms with van der Waals surface area (Å²) in [5, 5.41) is 4.92. The second-order valence-electron chi connectivity index (χ2n) is 6.11. The molecular formula is C17H16Cl2N6O. The summed E-state index contributed by atoms with van der Waals surface area (Å²) in [6.07, 6.45) is 3.40. The van der Waals surface area contributed by atoms with Crippen LogP contribution in [-0.2, 0) is 7.05 Å². The second kappa shape index (κ2) is 6.74. The third kappa shape index (κ3) is 3.08. The van der Waals surface area contributed by atoms with Crippen molar-refractivity contribution in [3.05, 3.63) is 51.0 Å². The lowest BCUT2D eigenvalue weighted by Crippen LogP contribution is -2.47. The van der Waals surface area contributed by atoms with Crippen LogP contribution in [0.4, 0.5) is 11.5 Å². The number of piperazine rings is 1. The standard InChI is InChI=1S/C17H16Cl2N6O/c1-23-17(26)16(19)14(9-21-23)24-4-6-25(7-5-24)15-10-20-13-8-11(18)2-3-12(13)22-15/h2-3,8-10H,4-7H2,1H3. The lowest BCUT2D eigenvalue weighted by molar-refractivity contribution is 0.638. The number of benzene rings is 1. The molecule has 0 saturated carbocycles. The normalized spacial score (nSPS) is 14.9. The van der Waals surface area contributed by atoms with Crippen molar-refractivity contribution in [3.8, 4) is 0 Å². The highest BCUT2D eigenvalue weighted by Gasteiger charge is 2.22. The Morgan fingerprint density at radius 2 is 1.73 bits per heavy atom. The van der Waals surface area contributed by atoms with Crippen LogP contribution in [0.2, 0.25) is 10.0 Å². The largest absolute Gasteiger partial charge is 0.365 e. The molecule has 3 aromatic rings. The molecule has 0 amide bonds. The van der Waals surface area contributed by atoms with Crippen LogP contribution in [-0.4, -0.2) is 45.9 Å². The number of nitrogens with zero attached hydrogens (tertiary/aromatic N) is 6. The van der Waals surface area contributed by atoms with Gasteiger partial charge >= 0.3 is 0 Å². The molecular weight excluding hydrogens is 375 g/mol. The van der Waals surface area contributed by atoms with Crippen molar-refractivity contribution < 1.29 is 0 Å². The van der Waals surface area contributed by atoms with Gasteiger partial charge in [-0.15, -0.1) is 0 Å². The van der Waals surface area contributed by atoms with Crippen molar-refractivity contribution in [2.75, 3.05) is 36.0 Å². The molecule has 9 heteroatoms. The predicted molar refractivity (Wildman–Crippen MR) is 103 cm³/mol. The molecule has 1 saturated heterocycles. The van der Waals surface area contributed by atoms with E-state index in [2.05, 4.69) is 24.9 Å². The second-order valence-corrected chi connectivity index (χ2v) is 6.92. The van der Waals surface area contributed by atoms with Gasteiger partial charge in [0.25, 0.3) is 5.56 Å². The first kappa shape index (κ1) is 17.1. The average Bonchev–Trinajstić information content (AvgIpc) is 2.66. The zero-order valence-electron chi connectivity index (χ0n) is 14.1. The number of aryl methyl sites for hydroxylation is 1. The fourth-order valence-corrected chi connectivity index (χ4v) is 3.48. The van der Waals surface area contributed by atoms with E-state index < -0.39 is 0 Å². The van der Waals surface area contributed by atoms with Gasteiger partial charge in [0.1, 0.15) is 10.8 Å². The Bertz CT molecular complexity index is 1030. The maximum Gasteiger partial charge on any atom is 0.287 e. The molecule has 3 heterocycles. The van der Waals surface area contributed by atoms with Gasteiger partial charge in [-0.3, -0.25) is 9.78 Å². The average molecular weight is 391 g/mol. The van der Waals surface area contributed by atoms with Gasteiger partial charge in [0, 0.05) is 38.2 Å². The number of halogens is 2. The van der Waals surface area contributed by atoms with Gasteiger partial charge < -0.3 is 9.80 Å². The Morgan fingerprint density at radius 1 is 1.00 bits per heavy atom. The maximum atomic E-state index is 12.0. The molecule has 1 aliphatic rings. The Balaban J connectivity index is 1.53. The van der Waals surface area contributed by atoms with E-state index in [-0.39, 0.29) is 10.6 Å². The quantitative estimate of drug-likeness (QED) is 0.668. The first-order valence-corrected chi connectivity index (χ1v) is 8.92. The van der Waals surface area contributed by atoms with E-state index in [0.717, 1.165) is 43.0 Å². The molecule has 1 fully saturated rings. The van der Waals surface area contributed by atoms with E-state index >= 15 is 0 Å². The Morgan fingerprint density at radius 3 is 2.50 bits per heavy atom. The zero-order valence-corrected chi connectivity index (χ0v) is 15.6. The zero-order chi connectivity index (χ0) is 18.3. The minimum atomic E-state index is -0.286. The highest BCUT2D eigenvalue weighted by Crippen LogP contribution is 2.24. The molecule has 1 aliphatic heterocycles. The molecule has 26 heavy (non-hydrogen) atoms. The number of anilines is 2. The summed E-state index contributed by atoms with van der Waals surface area (Å²) in [6.45, 7) is 2.93. The van der Waals surface area contributed by atoms with Gasteiger partial charge in [0.15, 0.2) is 0 Å². The van der Waals surface area contributed by atoms with E-state index in [4.69, 9.17) is 23.2 Å². The number of rotatable bonds is 2. The smallest absolute Gasteiger partial charge is 0.287 e. The van der Waals surface area contributed by atoms with E-state index in [1.54, 1.807) is 25.5 Å². The molecule has 0 atom stereocenters. The SMILES string of the molecule is Cn1ncc(N2CCN(c3cnc4cc(Cl)ccc4n3)CC2)c(Cl)c1=O. The number of fused-ring (bicyclic) bond motifs is 1. The number of aromatic nitrogens is 4. The molecule has 0 unspecified atom stereocenters. The molecule has 0 spiro atoms. The minimum Gasteiger partial charge on any atom is -0.365 e. The molecule has 0 radical (unpaired) electrons. The Labute approximate surface area is 159 Å². The number of hydrogen-bond acceptors (Lipinski definition) is 6. The molecule has 2 aromatic heterocycles. The fraction of sp³-hybridized carbons (Fsp3) is 0.294. The van der Waals surface area contributed by atoms with Gasteiger partial charge in [-0.1, -0.05) is 23.2 Å². The summed E-state index contributed by atoms with van der Waals surface area (Å²) in [7, 11) is 1.58. The van der Waals surface area contributed by atoms with Gasteiger partial charge in [-0.2, -0.15) is 5.10 Å². The Hall–Kier alpha value is -2.38. The van der Waals surface area contributed by atoms with Crippen LogP contribution in [0, 0.1) is 0 Å². The lowest BCUT2D eigenvalue weighted by Gasteiger charge is -2.36. The van der Waals surface area contributed by atoms with Gasteiger partial charge in [-0.05, 0) is 18.2 Å². The van der Waals surface area contributed by atoms with Crippen LogP contribution in [0.1, 0.15) is 0 Å². The topological polar surface area (TPSA) is 67.2 Å². The van der Waals surface area contributed by atoms with Crippen molar-refractivity contribution in [1.82, 2.24) is 19.7 Å². The number of hydrogen-bond donors (Lipinski definition) is 0. The Kier molecular flexibility index (Phi) is 4.42. The van der Waals surface area contributed by atoms with Crippen LogP contribution in [0.25, 0.3) is 11.0 Å². The monoisotopic (exact) mass is 390 g/mol. The van der Waals surface area contributed by atoms with Gasteiger partial charge in [0.2, 0.25) is 0 Å². The van der Waals surface area contributed by atoms with Crippen LogP contribution in [0.5, 0.6) is 0 Å². The van der Waals surface area contributed by atoms with E-state index in [1.165, 1.54) is 4.68 Å². The van der Waals surface area contributed by atoms with Crippen molar-refractivity contribution in [1.29, 1.82) is 0 Å². The highest BCUT2D eigenvalue weighted by molar-refractivity contribution is 6.33. The van der Waals surface area contributed by atoms with Crippen molar-refractivity contribution in [2.45, 2.75) is 0 Å². The first-order chi connectivity index (χ1) is 12.5. The van der Waals surface area contributed by atoms with E-state index in [1.807, 2.05) is 12.1 Å². The summed E-state index contributed by atoms with van der Waals surface area (Å²) in [5.41, 5.74) is 1.98. The van der Waals surface area contributed by atoms with Crippen molar-refractivity contribution in [2.24, 2.45) is 7.05 Å². The summed E-state index contributed by atoms with van der Waals surface area (Å²) < 4.78 is 1.24. The molecule has 0 aliphatic carbocycles. The molecule has 7 nitrogen and oxygen atoms in total. The van der Waals surface area contributed by atoms with Crippen LogP contribution in [0.3, 0.4) is 0 Å². The summed E-state index contributed by atoms with van der Waals surface area (Å²) in [5.74, 6) is 0.827. The maximum absolute atomic E-state index is 12.0. The van der Waals surface area contributed by atoms with E-state index in [0.29, 0.717) is 10.7 Å². The first-order valence-electron chi connectivity index (χ1n) is 8.17. The third-order valence-electron chi connectivity index (χ3n) is 4.50. The van der Waals surface area contributed by atoms with Crippen LogP contribution >= 0.6 is 23.2 Å². The summed E-state index contributed by atoms with van der Waals surface area (Å²) >= 11 is 12.2. The van der Waals surface area contributed by atoms with Crippen LogP contribution in [0.15, 0.2) is 35.4 Å². The predicted octanol–water partition coefficient (Wildman–Crippen LogP) is 2.36. The van der Waals surface area contributed by atoms with E-state index in [9.17, 15) is 4.79 Å². The summed E-state index contributed by atoms with van der Waals surface area (Å²) in [4.78, 5) is 25.3. The molecule has 0 N–H and O–H groups in total. The minimum absolute atomic E-state index is 0.207. The van der Waals surface area contributed by atoms with Crippen molar-refractivity contribution in [3.63, 3.8) is 0 Å². The molecule has 0 bridgehead atoms. The van der Waals surface area contributed by atoms with Crippen molar-refractivity contribution >= 4 is 45.7 Å². The van der Waals surface area contributed by atoms with Gasteiger partial charge in [-0.25, -0.2) is 9.67 Å². The molecule has 134 valence electrons. The third-order valence-corrected chi connectivity index (χ3v) is 5.09. The molecule has 1 aromatic carbocycles. The highest BCUT2D eigenvalue weighted by atomic mass is 35.5. The lowest BCUT2D eigenvalue weighted by atomic mass is 10.2.